The quantitative estimate of drug-likeness (QED) is 0.727. The summed E-state index contributed by atoms with van der Waals surface area (Å²) in [6, 6.07) is -0.406. The van der Waals surface area contributed by atoms with E-state index < -0.39 is 6.04 Å². The Morgan fingerprint density at radius 1 is 1.00 bits per heavy atom. The summed E-state index contributed by atoms with van der Waals surface area (Å²) in [5, 5.41) is 0. The number of rotatable bonds is 5. The van der Waals surface area contributed by atoms with Gasteiger partial charge in [0.1, 0.15) is 0 Å². The van der Waals surface area contributed by atoms with Gasteiger partial charge in [0, 0.05) is 39.3 Å². The van der Waals surface area contributed by atoms with Crippen LogP contribution in [0.25, 0.3) is 0 Å². The third-order valence-electron chi connectivity index (χ3n) is 4.45. The molecule has 0 aliphatic carbocycles. The van der Waals surface area contributed by atoms with Crippen molar-refractivity contribution in [2.45, 2.75) is 26.3 Å². The second kappa shape index (κ2) is 8.61. The molecular weight excluding hydrogens is 296 g/mol. The van der Waals surface area contributed by atoms with Gasteiger partial charge in [-0.3, -0.25) is 14.5 Å². The Hall–Kier alpha value is -1.18. The summed E-state index contributed by atoms with van der Waals surface area (Å²) < 4.78 is 5.27. The van der Waals surface area contributed by atoms with Crippen LogP contribution in [0, 0.1) is 5.92 Å². The normalized spacial score (nSPS) is 21.6. The van der Waals surface area contributed by atoms with Crippen molar-refractivity contribution >= 4 is 11.8 Å². The van der Waals surface area contributed by atoms with Crippen LogP contribution in [0.3, 0.4) is 0 Å². The predicted octanol–water partition coefficient (Wildman–Crippen LogP) is -0.637. The van der Waals surface area contributed by atoms with Crippen molar-refractivity contribution in [3.63, 3.8) is 0 Å². The number of carbonyl (C=O) groups is 2. The maximum absolute atomic E-state index is 12.3. The standard InChI is InChI=1S/C16H30N4O3/c1-13(2)11-14(17)16(22)20-5-3-18(4-6-20)12-15(21)19-7-9-23-10-8-19/h13-14H,3-12,17H2,1-2H3/t14-/m0/s1. The van der Waals surface area contributed by atoms with Crippen molar-refractivity contribution in [1.82, 2.24) is 14.7 Å². The highest BCUT2D eigenvalue weighted by atomic mass is 16.5. The summed E-state index contributed by atoms with van der Waals surface area (Å²) >= 11 is 0. The van der Waals surface area contributed by atoms with E-state index in [2.05, 4.69) is 18.7 Å². The minimum Gasteiger partial charge on any atom is -0.378 e. The highest BCUT2D eigenvalue weighted by Gasteiger charge is 2.27. The SMILES string of the molecule is CC(C)C[C@H](N)C(=O)N1CCN(CC(=O)N2CCOCC2)CC1. The summed E-state index contributed by atoms with van der Waals surface area (Å²) in [5.41, 5.74) is 5.98. The maximum Gasteiger partial charge on any atom is 0.239 e. The molecule has 0 unspecified atom stereocenters. The first kappa shape index (κ1) is 18.2. The first-order valence-corrected chi connectivity index (χ1v) is 8.59. The van der Waals surface area contributed by atoms with Crippen molar-refractivity contribution in [2.75, 3.05) is 59.0 Å². The Kier molecular flexibility index (Phi) is 6.80. The van der Waals surface area contributed by atoms with E-state index in [4.69, 9.17) is 10.5 Å². The predicted molar refractivity (Wildman–Crippen MR) is 87.8 cm³/mol. The fraction of sp³-hybridized carbons (Fsp3) is 0.875. The second-order valence-electron chi connectivity index (χ2n) is 6.83. The molecule has 2 N–H and O–H groups in total. The minimum absolute atomic E-state index is 0.0397. The van der Waals surface area contributed by atoms with E-state index in [-0.39, 0.29) is 11.8 Å². The molecule has 23 heavy (non-hydrogen) atoms. The molecule has 2 aliphatic rings. The third kappa shape index (κ3) is 5.44. The number of ether oxygens (including phenoxy) is 1. The summed E-state index contributed by atoms with van der Waals surface area (Å²) in [6.45, 7) is 9.96. The lowest BCUT2D eigenvalue weighted by atomic mass is 10.0. The Balaban J connectivity index is 1.73. The molecule has 2 fully saturated rings. The molecule has 0 aromatic heterocycles. The van der Waals surface area contributed by atoms with Crippen molar-refractivity contribution in [2.24, 2.45) is 11.7 Å². The van der Waals surface area contributed by atoms with Crippen molar-refractivity contribution in [1.29, 1.82) is 0 Å². The molecule has 7 nitrogen and oxygen atoms in total. The van der Waals surface area contributed by atoms with Gasteiger partial charge < -0.3 is 20.3 Å². The molecule has 0 radical (unpaired) electrons. The molecule has 0 spiro atoms. The number of nitrogens with zero attached hydrogens (tertiary/aromatic N) is 3. The molecule has 0 aromatic rings. The number of amides is 2. The number of morpholine rings is 1. The lowest BCUT2D eigenvalue weighted by Crippen LogP contribution is -2.55. The molecule has 2 saturated heterocycles. The number of hydrogen-bond donors (Lipinski definition) is 1. The molecular formula is C16H30N4O3. The number of hydrogen-bond acceptors (Lipinski definition) is 5. The van der Waals surface area contributed by atoms with Crippen LogP contribution in [-0.2, 0) is 14.3 Å². The summed E-state index contributed by atoms with van der Waals surface area (Å²) in [7, 11) is 0. The van der Waals surface area contributed by atoms with Crippen molar-refractivity contribution in [3.8, 4) is 0 Å². The van der Waals surface area contributed by atoms with Gasteiger partial charge in [-0.25, -0.2) is 0 Å². The first-order chi connectivity index (χ1) is 11.0. The van der Waals surface area contributed by atoms with Gasteiger partial charge in [-0.15, -0.1) is 0 Å². The van der Waals surface area contributed by atoms with Gasteiger partial charge in [-0.1, -0.05) is 13.8 Å². The molecule has 0 saturated carbocycles. The topological polar surface area (TPSA) is 79.1 Å². The van der Waals surface area contributed by atoms with Crippen LogP contribution in [0.2, 0.25) is 0 Å². The first-order valence-electron chi connectivity index (χ1n) is 8.59. The summed E-state index contributed by atoms with van der Waals surface area (Å²) in [4.78, 5) is 30.4. The van der Waals surface area contributed by atoms with Gasteiger partial charge in [-0.05, 0) is 12.3 Å². The van der Waals surface area contributed by atoms with E-state index >= 15 is 0 Å². The van der Waals surface area contributed by atoms with Gasteiger partial charge in [0.05, 0.1) is 25.8 Å². The van der Waals surface area contributed by atoms with Gasteiger partial charge in [0.2, 0.25) is 11.8 Å². The van der Waals surface area contributed by atoms with E-state index in [1.165, 1.54) is 0 Å². The zero-order chi connectivity index (χ0) is 16.8. The largest absolute Gasteiger partial charge is 0.378 e. The highest BCUT2D eigenvalue weighted by Crippen LogP contribution is 2.09. The van der Waals surface area contributed by atoms with Crippen molar-refractivity contribution in [3.05, 3.63) is 0 Å². The molecule has 0 aromatic carbocycles. The average Bonchev–Trinajstić information content (AvgIpc) is 2.55. The fourth-order valence-corrected chi connectivity index (χ4v) is 3.07. The van der Waals surface area contributed by atoms with Gasteiger partial charge in [0.15, 0.2) is 0 Å². The minimum atomic E-state index is -0.406. The van der Waals surface area contributed by atoms with Crippen LogP contribution < -0.4 is 5.73 Å². The van der Waals surface area contributed by atoms with E-state index in [1.54, 1.807) is 0 Å². The molecule has 2 rings (SSSR count). The maximum atomic E-state index is 12.3. The summed E-state index contributed by atoms with van der Waals surface area (Å²) in [6.07, 6.45) is 0.717. The van der Waals surface area contributed by atoms with Crippen LogP contribution >= 0.6 is 0 Å². The van der Waals surface area contributed by atoms with Crippen molar-refractivity contribution < 1.29 is 14.3 Å². The smallest absolute Gasteiger partial charge is 0.239 e. The zero-order valence-corrected chi connectivity index (χ0v) is 14.4. The van der Waals surface area contributed by atoms with E-state index in [0.717, 1.165) is 13.1 Å². The van der Waals surface area contributed by atoms with E-state index in [1.807, 2.05) is 9.80 Å². The number of nitrogens with two attached hydrogens (primary N) is 1. The molecule has 132 valence electrons. The highest BCUT2D eigenvalue weighted by molar-refractivity contribution is 5.82. The van der Waals surface area contributed by atoms with Crippen LogP contribution in [0.1, 0.15) is 20.3 Å². The Morgan fingerprint density at radius 3 is 2.17 bits per heavy atom. The monoisotopic (exact) mass is 326 g/mol. The second-order valence-corrected chi connectivity index (χ2v) is 6.83. The van der Waals surface area contributed by atoms with Crippen LogP contribution in [-0.4, -0.2) is 91.6 Å². The molecule has 2 amide bonds. The average molecular weight is 326 g/mol. The number of piperazine rings is 1. The molecule has 2 aliphatic heterocycles. The van der Waals surface area contributed by atoms with Gasteiger partial charge in [-0.2, -0.15) is 0 Å². The van der Waals surface area contributed by atoms with E-state index in [0.29, 0.717) is 58.3 Å². The van der Waals surface area contributed by atoms with Crippen LogP contribution in [0.5, 0.6) is 0 Å². The lowest BCUT2D eigenvalue weighted by molar-refractivity contribution is -0.138. The lowest BCUT2D eigenvalue weighted by Gasteiger charge is -2.37. The third-order valence-corrected chi connectivity index (χ3v) is 4.45. The fourth-order valence-electron chi connectivity index (χ4n) is 3.07. The van der Waals surface area contributed by atoms with Gasteiger partial charge in [0.25, 0.3) is 0 Å². The molecule has 0 bridgehead atoms. The van der Waals surface area contributed by atoms with E-state index in [9.17, 15) is 9.59 Å². The van der Waals surface area contributed by atoms with Crippen LogP contribution in [0.4, 0.5) is 0 Å². The number of carbonyl (C=O) groups excluding carboxylic acids is 2. The molecule has 7 heteroatoms. The summed E-state index contributed by atoms with van der Waals surface area (Å²) in [5.74, 6) is 0.615. The molecule has 1 atom stereocenters. The Bertz CT molecular complexity index is 402. The molecule has 2 heterocycles. The Morgan fingerprint density at radius 2 is 1.61 bits per heavy atom. The van der Waals surface area contributed by atoms with Crippen LogP contribution in [0.15, 0.2) is 0 Å². The Labute approximate surface area is 138 Å². The van der Waals surface area contributed by atoms with Gasteiger partial charge >= 0.3 is 0 Å². The zero-order valence-electron chi connectivity index (χ0n) is 14.4.